The highest BCUT2D eigenvalue weighted by molar-refractivity contribution is 7.51. The van der Waals surface area contributed by atoms with Gasteiger partial charge in [0.05, 0.1) is 37.9 Å². The first kappa shape index (κ1) is 37.0. The molecule has 48 heavy (non-hydrogen) atoms. The Kier molecular flexibility index (Phi) is 12.4. The molecule has 1 aliphatic rings. The molecule has 0 aliphatic carbocycles. The van der Waals surface area contributed by atoms with Crippen molar-refractivity contribution in [2.75, 3.05) is 18.9 Å². The minimum absolute atomic E-state index is 0.0954. The fraction of sp³-hybridized carbons (Fsp3) is 0.600. The lowest BCUT2D eigenvalue weighted by Gasteiger charge is -2.29. The van der Waals surface area contributed by atoms with Crippen LogP contribution in [0.4, 0.5) is 5.95 Å². The molecular weight excluding hydrogens is 645 g/mol. The lowest BCUT2D eigenvalue weighted by molar-refractivity contribution is -0.149. The highest BCUT2D eigenvalue weighted by Gasteiger charge is 2.55. The van der Waals surface area contributed by atoms with E-state index in [1.54, 1.807) is 20.8 Å². The second kappa shape index (κ2) is 16.1. The number of hydrogen-bond acceptors (Lipinski definition) is 13. The van der Waals surface area contributed by atoms with Crippen LogP contribution in [0.5, 0.6) is 5.88 Å². The number of nitrogens with zero attached hydrogens (tertiary/aromatic N) is 7. The number of nitrogen functional groups attached to an aromatic ring is 1. The third kappa shape index (κ3) is 8.42. The Bertz CT molecular complexity index is 1640. The van der Waals surface area contributed by atoms with Gasteiger partial charge in [0, 0.05) is 4.91 Å². The maximum absolute atomic E-state index is 14.5. The summed E-state index contributed by atoms with van der Waals surface area (Å²) < 4.78 is 45.2. The van der Waals surface area contributed by atoms with E-state index in [1.165, 1.54) is 24.7 Å². The van der Waals surface area contributed by atoms with Gasteiger partial charge in [0.15, 0.2) is 17.4 Å². The minimum Gasteiger partial charge on any atom is -0.476 e. The molecule has 1 fully saturated rings. The zero-order valence-electron chi connectivity index (χ0n) is 27.9. The average molecular weight is 690 g/mol. The first-order valence-corrected chi connectivity index (χ1v) is 17.4. The third-order valence-electron chi connectivity index (χ3n) is 7.68. The molecule has 2 aromatic heterocycles. The number of nitrogens with two attached hydrogens (primary N) is 1. The molecule has 1 saturated heterocycles. The third-order valence-corrected chi connectivity index (χ3v) is 9.40. The van der Waals surface area contributed by atoms with Crippen LogP contribution in [-0.2, 0) is 27.9 Å². The molecular formula is C30H44N9O8P. The molecule has 18 heteroatoms. The molecule has 1 aromatic carbocycles. The van der Waals surface area contributed by atoms with E-state index in [-0.39, 0.29) is 23.0 Å². The van der Waals surface area contributed by atoms with Crippen molar-refractivity contribution in [3.05, 3.63) is 52.7 Å². The van der Waals surface area contributed by atoms with Crippen molar-refractivity contribution < 1.29 is 37.7 Å². The summed E-state index contributed by atoms with van der Waals surface area (Å²) in [5, 5.41) is 18.1. The van der Waals surface area contributed by atoms with Gasteiger partial charge in [-0.2, -0.15) is 9.97 Å². The van der Waals surface area contributed by atoms with E-state index in [4.69, 9.17) is 29.0 Å². The molecule has 0 saturated carbocycles. The Labute approximate surface area is 278 Å². The molecule has 4 N–H and O–H groups in total. The van der Waals surface area contributed by atoms with Crippen LogP contribution in [0.3, 0.4) is 0 Å². The fourth-order valence-electron chi connectivity index (χ4n) is 5.30. The topological polar surface area (TPSA) is 231 Å². The smallest absolute Gasteiger partial charge is 0.406 e. The summed E-state index contributed by atoms with van der Waals surface area (Å²) in [6, 6.07) is 8.16. The first-order valence-electron chi connectivity index (χ1n) is 15.8. The van der Waals surface area contributed by atoms with Gasteiger partial charge >= 0.3 is 13.7 Å². The molecule has 262 valence electrons. The summed E-state index contributed by atoms with van der Waals surface area (Å²) >= 11 is 0. The fourth-order valence-corrected chi connectivity index (χ4v) is 6.98. The number of nitrogens with one attached hydrogen (secondary N) is 1. The number of rotatable bonds is 17. The number of carbonyl (C=O) groups excluding carboxylic acids is 1. The Balaban J connectivity index is 1.66. The number of carbonyl (C=O) groups is 1. The zero-order valence-corrected chi connectivity index (χ0v) is 28.8. The lowest BCUT2D eigenvalue weighted by Crippen LogP contribution is -2.43. The van der Waals surface area contributed by atoms with E-state index in [2.05, 4.69) is 30.1 Å². The second-order valence-corrected chi connectivity index (χ2v) is 13.5. The lowest BCUT2D eigenvalue weighted by atomic mass is 9.93. The van der Waals surface area contributed by atoms with Gasteiger partial charge in [-0.3, -0.25) is 18.4 Å². The van der Waals surface area contributed by atoms with Crippen molar-refractivity contribution in [3.8, 4) is 5.88 Å². The van der Waals surface area contributed by atoms with Crippen LogP contribution >= 0.6 is 7.75 Å². The quantitative estimate of drug-likeness (QED) is 0.0549. The first-order chi connectivity index (χ1) is 22.9. The van der Waals surface area contributed by atoms with Gasteiger partial charge in [0.25, 0.3) is 0 Å². The number of esters is 1. The van der Waals surface area contributed by atoms with Gasteiger partial charge in [-0.15, -0.1) is 0 Å². The Morgan fingerprint density at radius 3 is 2.65 bits per heavy atom. The largest absolute Gasteiger partial charge is 0.476 e. The molecule has 7 atom stereocenters. The summed E-state index contributed by atoms with van der Waals surface area (Å²) in [5.74, 6) is -0.606. The van der Waals surface area contributed by atoms with Crippen molar-refractivity contribution in [1.29, 1.82) is 0 Å². The number of aliphatic hydroxyl groups excluding tert-OH is 1. The number of azide groups is 1. The Morgan fingerprint density at radius 2 is 2.00 bits per heavy atom. The zero-order chi connectivity index (χ0) is 35.1. The number of anilines is 1. The molecule has 0 amide bonds. The molecule has 3 heterocycles. The number of imidazole rings is 1. The summed E-state index contributed by atoms with van der Waals surface area (Å²) in [6.07, 6.45) is -1.39. The van der Waals surface area contributed by atoms with Crippen molar-refractivity contribution >= 4 is 30.8 Å². The summed E-state index contributed by atoms with van der Waals surface area (Å²) in [5.41, 5.74) is 15.0. The van der Waals surface area contributed by atoms with Gasteiger partial charge in [-0.05, 0) is 52.1 Å². The standard InChI is InChI=1S/C30H44N9O8P/c1-7-9-15-21(20-13-11-10-12-14-20)47-48(42,36-19(5)27(41)45-18(3)4)44-16-22-24(40)30(6,37-38-32)28(46-22)39-17-33-23-25(39)34-29(31)35-26(23)43-8-2/h10-14,17-19,21-22,24,28,40H,7-9,15-16H2,1-6H3,(H,36,42)(H2,31,34,35)/t19-,21?,22+,24+,28?,30+,48?/m0/s1. The van der Waals surface area contributed by atoms with Crippen molar-refractivity contribution in [2.24, 2.45) is 5.11 Å². The molecule has 3 unspecified atom stereocenters. The average Bonchev–Trinajstić information content (AvgIpc) is 3.56. The van der Waals surface area contributed by atoms with Crippen molar-refractivity contribution in [3.63, 3.8) is 0 Å². The molecule has 0 radical (unpaired) electrons. The van der Waals surface area contributed by atoms with E-state index in [0.717, 1.165) is 18.4 Å². The molecule has 4 rings (SSSR count). The predicted octanol–water partition coefficient (Wildman–Crippen LogP) is 5.14. The van der Waals surface area contributed by atoms with Crippen LogP contribution in [0.25, 0.3) is 21.6 Å². The second-order valence-electron chi connectivity index (χ2n) is 11.8. The number of hydrogen-bond donors (Lipinski definition) is 3. The molecule has 0 spiro atoms. The van der Waals surface area contributed by atoms with Crippen molar-refractivity contribution in [1.82, 2.24) is 24.6 Å². The number of fused-ring (bicyclic) bond motifs is 1. The molecule has 1 aliphatic heterocycles. The van der Waals surface area contributed by atoms with Gasteiger partial charge < -0.3 is 25.1 Å². The van der Waals surface area contributed by atoms with Crippen molar-refractivity contribution in [2.45, 2.75) is 103 Å². The summed E-state index contributed by atoms with van der Waals surface area (Å²) in [4.78, 5) is 28.4. The van der Waals surface area contributed by atoms with E-state index < -0.39 is 62.5 Å². The Morgan fingerprint density at radius 1 is 1.27 bits per heavy atom. The summed E-state index contributed by atoms with van der Waals surface area (Å²) in [6.45, 7) is 9.98. The monoisotopic (exact) mass is 689 g/mol. The molecule has 3 aromatic rings. The van der Waals surface area contributed by atoms with E-state index in [0.29, 0.717) is 13.0 Å². The van der Waals surface area contributed by atoms with Crippen LogP contribution in [0, 0.1) is 0 Å². The Hall–Kier alpha value is -3.82. The van der Waals surface area contributed by atoms with Crippen LogP contribution < -0.4 is 15.6 Å². The van der Waals surface area contributed by atoms with Gasteiger partial charge in [-0.1, -0.05) is 55.2 Å². The SMILES string of the molecule is CCCCC(OP(=O)(N[C@@H](C)C(=O)OC(C)C)OC[C@H]1OC(n2cnc3c(OCC)nc(N)nc32)[C@](C)(N=[N+]=[N-])[C@@H]1O)c1ccccc1. The van der Waals surface area contributed by atoms with Gasteiger partial charge in [0.1, 0.15) is 17.7 Å². The van der Waals surface area contributed by atoms with E-state index in [1.807, 2.05) is 37.3 Å². The van der Waals surface area contributed by atoms with Crippen LogP contribution in [-0.4, -0.2) is 73.7 Å². The summed E-state index contributed by atoms with van der Waals surface area (Å²) in [7, 11) is -4.33. The van der Waals surface area contributed by atoms with Crippen LogP contribution in [0.2, 0.25) is 0 Å². The van der Waals surface area contributed by atoms with Crippen LogP contribution in [0.15, 0.2) is 41.8 Å². The highest BCUT2D eigenvalue weighted by atomic mass is 31.2. The van der Waals surface area contributed by atoms with E-state index in [9.17, 15) is 20.0 Å². The van der Waals surface area contributed by atoms with Gasteiger partial charge in [-0.25, -0.2) is 14.6 Å². The highest BCUT2D eigenvalue weighted by Crippen LogP contribution is 2.51. The van der Waals surface area contributed by atoms with Crippen LogP contribution in [0.1, 0.15) is 78.7 Å². The maximum Gasteiger partial charge on any atom is 0.406 e. The number of benzene rings is 1. The predicted molar refractivity (Wildman–Crippen MR) is 176 cm³/mol. The van der Waals surface area contributed by atoms with Gasteiger partial charge in [0.2, 0.25) is 11.8 Å². The maximum atomic E-state index is 14.5. The number of aromatic nitrogens is 4. The number of aliphatic hydroxyl groups is 1. The minimum atomic E-state index is -4.33. The van der Waals surface area contributed by atoms with E-state index >= 15 is 0 Å². The molecule has 0 bridgehead atoms. The molecule has 17 nitrogen and oxygen atoms in total. The number of ether oxygens (including phenoxy) is 3. The normalized spacial score (nSPS) is 23.4. The number of unbranched alkanes of at least 4 members (excludes halogenated alkanes) is 1.